The number of benzene rings is 2. The monoisotopic (exact) mass is 447 g/mol. The minimum atomic E-state index is 0.445. The van der Waals surface area contributed by atoms with Gasteiger partial charge in [0.15, 0.2) is 0 Å². The number of hydrogen-bond donors (Lipinski definition) is 1. The van der Waals surface area contributed by atoms with Gasteiger partial charge < -0.3 is 19.3 Å². The first-order chi connectivity index (χ1) is 16.3. The lowest BCUT2D eigenvalue weighted by atomic mass is 10.0. The van der Waals surface area contributed by atoms with Crippen molar-refractivity contribution in [1.29, 1.82) is 0 Å². The molecule has 172 valence electrons. The van der Waals surface area contributed by atoms with Crippen molar-refractivity contribution in [1.82, 2.24) is 15.0 Å². The molecule has 5 rings (SSSR count). The van der Waals surface area contributed by atoms with E-state index in [1.54, 1.807) is 13.3 Å². The summed E-state index contributed by atoms with van der Waals surface area (Å²) in [5.74, 6) is 2.66. The molecule has 33 heavy (non-hydrogen) atoms. The number of nitrogens with zero attached hydrogens (tertiary/aromatic N) is 6. The van der Waals surface area contributed by atoms with Crippen LogP contribution in [-0.2, 0) is 4.74 Å². The highest BCUT2D eigenvalue weighted by molar-refractivity contribution is 6.02. The van der Waals surface area contributed by atoms with Crippen LogP contribution in [0.1, 0.15) is 24.8 Å². The van der Waals surface area contributed by atoms with E-state index < -0.39 is 0 Å². The summed E-state index contributed by atoms with van der Waals surface area (Å²) in [6.07, 6.45) is 5.36. The van der Waals surface area contributed by atoms with E-state index in [-0.39, 0.29) is 0 Å². The smallest absolute Gasteiger partial charge is 0.250 e. The number of anilines is 3. The van der Waals surface area contributed by atoms with Crippen LogP contribution < -0.4 is 20.0 Å². The van der Waals surface area contributed by atoms with E-state index >= 15 is 0 Å². The van der Waals surface area contributed by atoms with Crippen LogP contribution in [0.5, 0.6) is 5.75 Å². The van der Waals surface area contributed by atoms with Gasteiger partial charge in [-0.3, -0.25) is 0 Å². The molecule has 2 aliphatic heterocycles. The minimum Gasteiger partial charge on any atom is -0.496 e. The molecule has 0 aliphatic carbocycles. The number of hydrogen-bond acceptors (Lipinski definition) is 9. The van der Waals surface area contributed by atoms with Crippen molar-refractivity contribution in [2.24, 2.45) is 5.10 Å². The summed E-state index contributed by atoms with van der Waals surface area (Å²) in [5.41, 5.74) is 4.02. The van der Waals surface area contributed by atoms with E-state index in [9.17, 15) is 0 Å². The third-order valence-electron chi connectivity index (χ3n) is 6.05. The van der Waals surface area contributed by atoms with Crippen LogP contribution in [-0.4, -0.2) is 67.7 Å². The predicted molar refractivity (Wildman–Crippen MR) is 131 cm³/mol. The fraction of sp³-hybridized carbons (Fsp3) is 0.417. The Morgan fingerprint density at radius 3 is 2.30 bits per heavy atom. The number of fused-ring (bicyclic) bond motifs is 1. The van der Waals surface area contributed by atoms with E-state index in [1.807, 2.05) is 30.3 Å². The maximum atomic E-state index is 5.49. The number of rotatable bonds is 6. The van der Waals surface area contributed by atoms with Gasteiger partial charge in [-0.25, -0.2) is 5.43 Å². The Morgan fingerprint density at radius 1 is 0.879 bits per heavy atom. The SMILES string of the molecule is COc1ccc(/C=N\Nc2nc(N3CCCCC3)nc(N3CCOCC3)n2)c2ccccc12. The Bertz CT molecular complexity index is 1090. The van der Waals surface area contributed by atoms with Gasteiger partial charge in [-0.05, 0) is 36.8 Å². The molecule has 2 saturated heterocycles. The molecule has 0 unspecified atom stereocenters. The van der Waals surface area contributed by atoms with Gasteiger partial charge in [-0.1, -0.05) is 24.3 Å². The first-order valence-electron chi connectivity index (χ1n) is 11.5. The number of ether oxygens (including phenoxy) is 2. The zero-order valence-electron chi connectivity index (χ0n) is 18.9. The summed E-state index contributed by atoms with van der Waals surface area (Å²) in [5, 5.41) is 6.58. The topological polar surface area (TPSA) is 88.0 Å². The molecule has 0 atom stereocenters. The van der Waals surface area contributed by atoms with Gasteiger partial charge in [0.05, 0.1) is 26.5 Å². The lowest BCUT2D eigenvalue weighted by Crippen LogP contribution is -2.38. The van der Waals surface area contributed by atoms with Crippen LogP contribution in [0.4, 0.5) is 17.8 Å². The van der Waals surface area contributed by atoms with Crippen LogP contribution in [0.2, 0.25) is 0 Å². The summed E-state index contributed by atoms with van der Waals surface area (Å²) in [6.45, 7) is 4.82. The number of piperidine rings is 1. The van der Waals surface area contributed by atoms with Crippen LogP contribution in [0.15, 0.2) is 41.5 Å². The molecule has 0 saturated carbocycles. The lowest BCUT2D eigenvalue weighted by Gasteiger charge is -2.30. The molecule has 2 aromatic carbocycles. The minimum absolute atomic E-state index is 0.445. The van der Waals surface area contributed by atoms with Crippen molar-refractivity contribution in [3.8, 4) is 5.75 Å². The third-order valence-corrected chi connectivity index (χ3v) is 6.05. The van der Waals surface area contributed by atoms with Gasteiger partial charge in [0, 0.05) is 37.1 Å². The van der Waals surface area contributed by atoms with Crippen molar-refractivity contribution in [3.05, 3.63) is 42.0 Å². The van der Waals surface area contributed by atoms with Crippen LogP contribution in [0.25, 0.3) is 10.8 Å². The maximum absolute atomic E-state index is 5.49. The van der Waals surface area contributed by atoms with E-state index in [0.717, 1.165) is 61.1 Å². The zero-order valence-corrected chi connectivity index (χ0v) is 18.9. The lowest BCUT2D eigenvalue weighted by molar-refractivity contribution is 0.122. The number of nitrogens with one attached hydrogen (secondary N) is 1. The second-order valence-electron chi connectivity index (χ2n) is 8.18. The molecule has 2 aliphatic rings. The Kier molecular flexibility index (Phi) is 6.48. The van der Waals surface area contributed by atoms with Gasteiger partial charge >= 0.3 is 0 Å². The molecular formula is C24H29N7O2. The van der Waals surface area contributed by atoms with Gasteiger partial charge in [0.2, 0.25) is 17.8 Å². The summed E-state index contributed by atoms with van der Waals surface area (Å²) >= 11 is 0. The van der Waals surface area contributed by atoms with Crippen molar-refractivity contribution in [3.63, 3.8) is 0 Å². The Balaban J connectivity index is 1.41. The molecule has 9 nitrogen and oxygen atoms in total. The highest BCUT2D eigenvalue weighted by atomic mass is 16.5. The molecule has 0 radical (unpaired) electrons. The van der Waals surface area contributed by atoms with Crippen molar-refractivity contribution in [2.75, 3.05) is 61.7 Å². The first-order valence-corrected chi connectivity index (χ1v) is 11.5. The third kappa shape index (κ3) is 4.83. The van der Waals surface area contributed by atoms with Crippen LogP contribution in [0.3, 0.4) is 0 Å². The fourth-order valence-electron chi connectivity index (χ4n) is 4.29. The molecule has 3 heterocycles. The number of hydrazone groups is 1. The van der Waals surface area contributed by atoms with Crippen molar-refractivity contribution >= 4 is 34.8 Å². The quantitative estimate of drug-likeness (QED) is 0.455. The average molecular weight is 448 g/mol. The first kappa shape index (κ1) is 21.4. The summed E-state index contributed by atoms with van der Waals surface area (Å²) in [4.78, 5) is 18.5. The van der Waals surface area contributed by atoms with E-state index in [2.05, 4.69) is 36.4 Å². The largest absolute Gasteiger partial charge is 0.496 e. The van der Waals surface area contributed by atoms with Gasteiger partial charge in [-0.15, -0.1) is 0 Å². The zero-order chi connectivity index (χ0) is 22.5. The number of morpholine rings is 1. The second-order valence-corrected chi connectivity index (χ2v) is 8.18. The van der Waals surface area contributed by atoms with E-state index in [0.29, 0.717) is 31.1 Å². The highest BCUT2D eigenvalue weighted by Gasteiger charge is 2.20. The number of aromatic nitrogens is 3. The molecule has 0 spiro atoms. The van der Waals surface area contributed by atoms with Gasteiger partial charge in [0.1, 0.15) is 5.75 Å². The molecule has 2 fully saturated rings. The van der Waals surface area contributed by atoms with Crippen LogP contribution >= 0.6 is 0 Å². The predicted octanol–water partition coefficient (Wildman–Crippen LogP) is 3.31. The van der Waals surface area contributed by atoms with Gasteiger partial charge in [0.25, 0.3) is 0 Å². The molecule has 9 heteroatoms. The molecule has 0 bridgehead atoms. The Morgan fingerprint density at radius 2 is 1.58 bits per heavy atom. The van der Waals surface area contributed by atoms with E-state index in [1.165, 1.54) is 6.42 Å². The highest BCUT2D eigenvalue weighted by Crippen LogP contribution is 2.27. The van der Waals surface area contributed by atoms with Crippen molar-refractivity contribution < 1.29 is 9.47 Å². The summed E-state index contributed by atoms with van der Waals surface area (Å²) < 4.78 is 11.0. The maximum Gasteiger partial charge on any atom is 0.250 e. The summed E-state index contributed by atoms with van der Waals surface area (Å²) in [6, 6.07) is 12.1. The average Bonchev–Trinajstić information content (AvgIpc) is 2.89. The Labute approximate surface area is 193 Å². The molecule has 3 aromatic rings. The second kappa shape index (κ2) is 9.99. The number of methoxy groups -OCH3 is 1. The Hall–Kier alpha value is -3.46. The molecule has 0 amide bonds. The molecular weight excluding hydrogens is 418 g/mol. The normalized spacial score (nSPS) is 17.0. The van der Waals surface area contributed by atoms with E-state index in [4.69, 9.17) is 14.5 Å². The standard InChI is InChI=1S/C24H29N7O2/c1-32-21-10-9-18(19-7-3-4-8-20(19)21)17-25-29-22-26-23(30-11-5-2-6-12-30)28-24(27-22)31-13-15-33-16-14-31/h3-4,7-10,17H,2,5-6,11-16H2,1H3,(H,26,27,28,29)/b25-17-. The molecule has 1 aromatic heterocycles. The molecule has 1 N–H and O–H groups in total. The van der Waals surface area contributed by atoms with Crippen molar-refractivity contribution in [2.45, 2.75) is 19.3 Å². The fourth-order valence-corrected chi connectivity index (χ4v) is 4.29. The van der Waals surface area contributed by atoms with Gasteiger partial charge in [-0.2, -0.15) is 20.1 Å². The summed E-state index contributed by atoms with van der Waals surface area (Å²) in [7, 11) is 1.68. The van der Waals surface area contributed by atoms with Crippen LogP contribution in [0, 0.1) is 0 Å².